The summed E-state index contributed by atoms with van der Waals surface area (Å²) in [6, 6.07) is 14.5. The Balaban J connectivity index is 1.61. The number of anilines is 1. The number of nitrogens with two attached hydrogens (primary N) is 1. The molecule has 9 heteroatoms. The molecule has 2 N–H and O–H groups in total. The molecule has 1 saturated heterocycles. The number of imidazole rings is 1. The Bertz CT molecular complexity index is 1630. The van der Waals surface area contributed by atoms with Gasteiger partial charge in [0.15, 0.2) is 5.65 Å². The average Bonchev–Trinajstić information content (AvgIpc) is 3.44. The highest BCUT2D eigenvalue weighted by Crippen LogP contribution is 2.34. The van der Waals surface area contributed by atoms with Crippen LogP contribution in [0.4, 0.5) is 10.1 Å². The Morgan fingerprint density at radius 3 is 2.86 bits per heavy atom. The normalized spacial score (nSPS) is 16.2. The Morgan fingerprint density at radius 1 is 1.17 bits per heavy atom. The van der Waals surface area contributed by atoms with Crippen LogP contribution in [0.1, 0.15) is 18.4 Å². The summed E-state index contributed by atoms with van der Waals surface area (Å²) >= 11 is 0. The standard InChI is InChI=1S/C26H23FN8/c1-33-22-7-6-20(11-18(22)14-31-33)35-25(16-4-5-17(13-28)21(27)12-16)32-24-23(8-9-30-26(24)35)34-10-2-3-19(29)15-34/h4-9,11-12,14,19H,2-3,10,15,29H2,1H3/t19-/m1/s1. The van der Waals surface area contributed by atoms with Gasteiger partial charge in [0.1, 0.15) is 23.2 Å². The summed E-state index contributed by atoms with van der Waals surface area (Å²) in [7, 11) is 1.90. The van der Waals surface area contributed by atoms with Crippen LogP contribution in [0, 0.1) is 17.1 Å². The lowest BCUT2D eigenvalue weighted by molar-refractivity contribution is 0.507. The zero-order valence-corrected chi connectivity index (χ0v) is 19.2. The topological polar surface area (TPSA) is 102 Å². The smallest absolute Gasteiger partial charge is 0.167 e. The van der Waals surface area contributed by atoms with Gasteiger partial charge in [-0.15, -0.1) is 0 Å². The zero-order chi connectivity index (χ0) is 24.1. The SMILES string of the molecule is Cn1ncc2cc(-n3c(-c4ccc(C#N)c(F)c4)nc4c(N5CCC[C@@H](N)C5)ccnc43)ccc21. The molecule has 0 bridgehead atoms. The van der Waals surface area contributed by atoms with E-state index in [1.54, 1.807) is 12.3 Å². The van der Waals surface area contributed by atoms with Gasteiger partial charge < -0.3 is 10.6 Å². The minimum atomic E-state index is -0.582. The van der Waals surface area contributed by atoms with Crippen molar-refractivity contribution in [1.29, 1.82) is 5.26 Å². The van der Waals surface area contributed by atoms with Gasteiger partial charge in [-0.1, -0.05) is 0 Å². The van der Waals surface area contributed by atoms with Crippen LogP contribution >= 0.6 is 0 Å². The molecule has 3 aromatic heterocycles. The van der Waals surface area contributed by atoms with Crippen molar-refractivity contribution in [2.75, 3.05) is 18.0 Å². The predicted molar refractivity (Wildman–Crippen MR) is 133 cm³/mol. The molecule has 0 spiro atoms. The number of aryl methyl sites for hydroxylation is 1. The van der Waals surface area contributed by atoms with Gasteiger partial charge in [-0.3, -0.25) is 9.25 Å². The molecule has 6 rings (SSSR count). The average molecular weight is 467 g/mol. The van der Waals surface area contributed by atoms with E-state index in [2.05, 4.69) is 10.00 Å². The molecule has 35 heavy (non-hydrogen) atoms. The van der Waals surface area contributed by atoms with Crippen molar-refractivity contribution in [3.63, 3.8) is 0 Å². The molecular weight excluding hydrogens is 443 g/mol. The second-order valence-electron chi connectivity index (χ2n) is 8.94. The number of nitriles is 1. The van der Waals surface area contributed by atoms with Crippen molar-refractivity contribution >= 4 is 27.8 Å². The van der Waals surface area contributed by atoms with Gasteiger partial charge >= 0.3 is 0 Å². The summed E-state index contributed by atoms with van der Waals surface area (Å²) < 4.78 is 18.4. The molecule has 1 fully saturated rings. The Kier molecular flexibility index (Phi) is 4.97. The van der Waals surface area contributed by atoms with Crippen LogP contribution in [0.15, 0.2) is 54.9 Å². The van der Waals surface area contributed by atoms with E-state index in [9.17, 15) is 9.65 Å². The molecule has 1 atom stereocenters. The third kappa shape index (κ3) is 3.50. The van der Waals surface area contributed by atoms with Crippen LogP contribution in [0.3, 0.4) is 0 Å². The lowest BCUT2D eigenvalue weighted by Crippen LogP contribution is -2.42. The monoisotopic (exact) mass is 466 g/mol. The fourth-order valence-corrected chi connectivity index (χ4v) is 4.92. The zero-order valence-electron chi connectivity index (χ0n) is 19.2. The maximum absolute atomic E-state index is 14.6. The molecule has 1 aliphatic heterocycles. The van der Waals surface area contributed by atoms with E-state index >= 15 is 0 Å². The van der Waals surface area contributed by atoms with E-state index in [0.29, 0.717) is 17.0 Å². The molecule has 0 aliphatic carbocycles. The lowest BCUT2D eigenvalue weighted by atomic mass is 10.1. The summed E-state index contributed by atoms with van der Waals surface area (Å²) in [5.74, 6) is -0.0330. The van der Waals surface area contributed by atoms with Gasteiger partial charge in [0, 0.05) is 49.0 Å². The Hall–Kier alpha value is -4.29. The first-order chi connectivity index (χ1) is 17.0. The second-order valence-corrected chi connectivity index (χ2v) is 8.94. The molecule has 174 valence electrons. The highest BCUT2D eigenvalue weighted by molar-refractivity contribution is 5.91. The van der Waals surface area contributed by atoms with Gasteiger partial charge in [-0.05, 0) is 55.3 Å². The summed E-state index contributed by atoms with van der Waals surface area (Å²) in [5.41, 5.74) is 11.0. The van der Waals surface area contributed by atoms with Crippen LogP contribution in [0.25, 0.3) is 39.1 Å². The maximum atomic E-state index is 14.6. The van der Waals surface area contributed by atoms with Crippen LogP contribution in [0.2, 0.25) is 0 Å². The van der Waals surface area contributed by atoms with Crippen molar-refractivity contribution in [1.82, 2.24) is 24.3 Å². The molecule has 0 unspecified atom stereocenters. The van der Waals surface area contributed by atoms with Gasteiger partial charge in [-0.2, -0.15) is 10.4 Å². The third-order valence-electron chi connectivity index (χ3n) is 6.66. The highest BCUT2D eigenvalue weighted by atomic mass is 19.1. The second kappa shape index (κ2) is 8.18. The van der Waals surface area contributed by atoms with Gasteiger partial charge in [0.25, 0.3) is 0 Å². The number of aromatic nitrogens is 5. The fourth-order valence-electron chi connectivity index (χ4n) is 4.92. The lowest BCUT2D eigenvalue weighted by Gasteiger charge is -2.32. The van der Waals surface area contributed by atoms with E-state index in [0.717, 1.165) is 53.7 Å². The summed E-state index contributed by atoms with van der Waals surface area (Å²) in [4.78, 5) is 11.9. The highest BCUT2D eigenvalue weighted by Gasteiger charge is 2.24. The summed E-state index contributed by atoms with van der Waals surface area (Å²) in [6.45, 7) is 1.64. The minimum Gasteiger partial charge on any atom is -0.368 e. The number of fused-ring (bicyclic) bond motifs is 2. The van der Waals surface area contributed by atoms with E-state index < -0.39 is 5.82 Å². The number of pyridine rings is 1. The number of piperidine rings is 1. The van der Waals surface area contributed by atoms with E-state index in [1.807, 2.05) is 52.8 Å². The molecule has 2 aromatic carbocycles. The van der Waals surface area contributed by atoms with E-state index in [-0.39, 0.29) is 11.6 Å². The number of rotatable bonds is 3. The van der Waals surface area contributed by atoms with E-state index in [4.69, 9.17) is 15.7 Å². The molecular formula is C26H23FN8. The largest absolute Gasteiger partial charge is 0.368 e. The van der Waals surface area contributed by atoms with Crippen LogP contribution in [-0.4, -0.2) is 43.4 Å². The molecule has 0 saturated carbocycles. The van der Waals surface area contributed by atoms with Gasteiger partial charge in [0.05, 0.1) is 23.0 Å². The first-order valence-electron chi connectivity index (χ1n) is 11.5. The number of hydrogen-bond donors (Lipinski definition) is 1. The van der Waals surface area contributed by atoms with Crippen LogP contribution < -0.4 is 10.6 Å². The van der Waals surface area contributed by atoms with E-state index in [1.165, 1.54) is 12.1 Å². The molecule has 0 radical (unpaired) electrons. The molecule has 5 aromatic rings. The molecule has 0 amide bonds. The fraction of sp³-hybridized carbons (Fsp3) is 0.231. The quantitative estimate of drug-likeness (QED) is 0.433. The van der Waals surface area contributed by atoms with Crippen LogP contribution in [-0.2, 0) is 7.05 Å². The third-order valence-corrected chi connectivity index (χ3v) is 6.66. The summed E-state index contributed by atoms with van der Waals surface area (Å²) in [5, 5.41) is 14.5. The first kappa shape index (κ1) is 21.3. The Morgan fingerprint density at radius 2 is 2.06 bits per heavy atom. The maximum Gasteiger partial charge on any atom is 0.167 e. The summed E-state index contributed by atoms with van der Waals surface area (Å²) in [6.07, 6.45) is 5.60. The number of halogens is 1. The van der Waals surface area contributed by atoms with Gasteiger partial charge in [0.2, 0.25) is 0 Å². The molecule has 8 nitrogen and oxygen atoms in total. The van der Waals surface area contributed by atoms with Crippen molar-refractivity contribution in [3.05, 3.63) is 66.2 Å². The van der Waals surface area contributed by atoms with Gasteiger partial charge in [-0.25, -0.2) is 14.4 Å². The number of hydrogen-bond acceptors (Lipinski definition) is 6. The minimum absolute atomic E-state index is 0.00527. The van der Waals surface area contributed by atoms with Crippen molar-refractivity contribution < 1.29 is 4.39 Å². The molecule has 1 aliphatic rings. The Labute approximate surface area is 201 Å². The van der Waals surface area contributed by atoms with Crippen molar-refractivity contribution in [2.24, 2.45) is 12.8 Å². The van der Waals surface area contributed by atoms with Crippen LogP contribution in [0.5, 0.6) is 0 Å². The number of nitrogens with zero attached hydrogens (tertiary/aromatic N) is 7. The number of benzene rings is 2. The first-order valence-corrected chi connectivity index (χ1v) is 11.5. The molecule has 4 heterocycles. The van der Waals surface area contributed by atoms with Crippen molar-refractivity contribution in [2.45, 2.75) is 18.9 Å². The van der Waals surface area contributed by atoms with Crippen molar-refractivity contribution in [3.8, 4) is 23.1 Å². The predicted octanol–water partition coefficient (Wildman–Crippen LogP) is 3.91.